The summed E-state index contributed by atoms with van der Waals surface area (Å²) in [5.41, 5.74) is 2.52. The average molecular weight is 245 g/mol. The molecule has 5 nitrogen and oxygen atoms in total. The Kier molecular flexibility index (Phi) is 2.66. The summed E-state index contributed by atoms with van der Waals surface area (Å²) in [7, 11) is 0. The maximum absolute atomic E-state index is 12.2. The van der Waals surface area contributed by atoms with Crippen molar-refractivity contribution in [3.63, 3.8) is 0 Å². The molecule has 2 aliphatic heterocycles. The summed E-state index contributed by atoms with van der Waals surface area (Å²) in [6.07, 6.45) is 0.885. The number of nitrogens with zero attached hydrogens (tertiary/aromatic N) is 1. The summed E-state index contributed by atoms with van der Waals surface area (Å²) in [4.78, 5) is 25.1. The highest BCUT2D eigenvalue weighted by Gasteiger charge is 2.31. The molecule has 2 heterocycles. The Labute approximate surface area is 105 Å². The number of carbonyl (C=O) groups excluding carboxylic acids is 2. The van der Waals surface area contributed by atoms with Crippen LogP contribution in [0, 0.1) is 0 Å². The fourth-order valence-electron chi connectivity index (χ4n) is 2.51. The van der Waals surface area contributed by atoms with Gasteiger partial charge in [0.15, 0.2) is 0 Å². The van der Waals surface area contributed by atoms with Gasteiger partial charge in [0.05, 0.1) is 0 Å². The number of fused-ring (bicyclic) bond motifs is 1. The van der Waals surface area contributed by atoms with Crippen molar-refractivity contribution >= 4 is 11.9 Å². The molecule has 1 fully saturated rings. The van der Waals surface area contributed by atoms with E-state index < -0.39 is 6.04 Å². The van der Waals surface area contributed by atoms with Crippen LogP contribution in [0.2, 0.25) is 0 Å². The standard InChI is InChI=1S/C13H15N3O2/c17-12(11-7-14-13(18)15-11)16-6-5-9-3-1-2-4-10(9)8-16/h1-4,11H,5-8H2,(H2,14,15,18)/t11-/m0/s1. The Morgan fingerprint density at radius 3 is 2.78 bits per heavy atom. The van der Waals surface area contributed by atoms with Crippen molar-refractivity contribution < 1.29 is 9.59 Å². The Morgan fingerprint density at radius 1 is 1.28 bits per heavy atom. The van der Waals surface area contributed by atoms with Crippen LogP contribution in [0.15, 0.2) is 24.3 Å². The highest BCUT2D eigenvalue weighted by Crippen LogP contribution is 2.19. The smallest absolute Gasteiger partial charge is 0.315 e. The quantitative estimate of drug-likeness (QED) is 0.745. The maximum atomic E-state index is 12.2. The van der Waals surface area contributed by atoms with Crippen LogP contribution < -0.4 is 10.6 Å². The van der Waals surface area contributed by atoms with E-state index in [9.17, 15) is 9.59 Å². The molecule has 0 aliphatic carbocycles. The van der Waals surface area contributed by atoms with Crippen LogP contribution in [0.4, 0.5) is 4.79 Å². The summed E-state index contributed by atoms with van der Waals surface area (Å²) in [5.74, 6) is 0.00264. The fraction of sp³-hybridized carbons (Fsp3) is 0.385. The van der Waals surface area contributed by atoms with Crippen molar-refractivity contribution in [2.45, 2.75) is 19.0 Å². The second-order valence-corrected chi connectivity index (χ2v) is 4.69. The molecule has 3 rings (SSSR count). The van der Waals surface area contributed by atoms with Gasteiger partial charge in [0.25, 0.3) is 0 Å². The van der Waals surface area contributed by atoms with Crippen LogP contribution in [-0.4, -0.2) is 36.0 Å². The molecule has 5 heteroatoms. The minimum absolute atomic E-state index is 0.00264. The van der Waals surface area contributed by atoms with Gasteiger partial charge in [-0.15, -0.1) is 0 Å². The number of rotatable bonds is 1. The van der Waals surface area contributed by atoms with Gasteiger partial charge in [-0.05, 0) is 17.5 Å². The molecule has 94 valence electrons. The fourth-order valence-corrected chi connectivity index (χ4v) is 2.51. The lowest BCUT2D eigenvalue weighted by molar-refractivity contribution is -0.133. The highest BCUT2D eigenvalue weighted by molar-refractivity contribution is 5.90. The molecular weight excluding hydrogens is 230 g/mol. The van der Waals surface area contributed by atoms with Gasteiger partial charge in [-0.3, -0.25) is 4.79 Å². The highest BCUT2D eigenvalue weighted by atomic mass is 16.2. The van der Waals surface area contributed by atoms with Crippen molar-refractivity contribution in [2.75, 3.05) is 13.1 Å². The van der Waals surface area contributed by atoms with E-state index in [1.54, 1.807) is 0 Å². The second-order valence-electron chi connectivity index (χ2n) is 4.69. The van der Waals surface area contributed by atoms with Crippen LogP contribution in [-0.2, 0) is 17.8 Å². The normalized spacial score (nSPS) is 22.1. The van der Waals surface area contributed by atoms with E-state index in [0.29, 0.717) is 13.1 Å². The molecule has 3 amide bonds. The van der Waals surface area contributed by atoms with E-state index in [-0.39, 0.29) is 11.9 Å². The average Bonchev–Trinajstić information content (AvgIpc) is 2.84. The first-order chi connectivity index (χ1) is 8.74. The third-order valence-electron chi connectivity index (χ3n) is 3.51. The minimum Gasteiger partial charge on any atom is -0.336 e. The zero-order valence-corrected chi connectivity index (χ0v) is 9.98. The van der Waals surface area contributed by atoms with Crippen molar-refractivity contribution in [1.29, 1.82) is 0 Å². The van der Waals surface area contributed by atoms with Gasteiger partial charge in [0.1, 0.15) is 6.04 Å². The van der Waals surface area contributed by atoms with Crippen LogP contribution in [0.25, 0.3) is 0 Å². The predicted molar refractivity (Wildman–Crippen MR) is 65.9 cm³/mol. The van der Waals surface area contributed by atoms with Gasteiger partial charge in [-0.25, -0.2) is 4.79 Å². The Morgan fingerprint density at radius 2 is 2.06 bits per heavy atom. The Balaban J connectivity index is 1.72. The molecule has 0 radical (unpaired) electrons. The molecular formula is C13H15N3O2. The molecule has 2 N–H and O–H groups in total. The number of amides is 3. The zero-order valence-electron chi connectivity index (χ0n) is 9.98. The number of benzene rings is 1. The van der Waals surface area contributed by atoms with Gasteiger partial charge in [-0.1, -0.05) is 24.3 Å². The molecule has 1 aromatic rings. The first kappa shape index (κ1) is 11.1. The number of carbonyl (C=O) groups is 2. The van der Waals surface area contributed by atoms with E-state index in [0.717, 1.165) is 13.0 Å². The van der Waals surface area contributed by atoms with Crippen LogP contribution >= 0.6 is 0 Å². The zero-order chi connectivity index (χ0) is 12.5. The summed E-state index contributed by atoms with van der Waals surface area (Å²) in [6.45, 7) is 1.75. The van der Waals surface area contributed by atoms with Crippen molar-refractivity contribution in [2.24, 2.45) is 0 Å². The molecule has 2 aliphatic rings. The predicted octanol–water partition coefficient (Wildman–Crippen LogP) is 0.253. The number of urea groups is 1. The molecule has 1 saturated heterocycles. The van der Waals surface area contributed by atoms with E-state index in [1.807, 2.05) is 17.0 Å². The molecule has 18 heavy (non-hydrogen) atoms. The first-order valence-corrected chi connectivity index (χ1v) is 6.14. The van der Waals surface area contributed by atoms with Gasteiger partial charge in [0.2, 0.25) is 5.91 Å². The van der Waals surface area contributed by atoms with Gasteiger partial charge in [0, 0.05) is 19.6 Å². The summed E-state index contributed by atoms with van der Waals surface area (Å²) in [5, 5.41) is 5.24. The molecule has 0 spiro atoms. The third-order valence-corrected chi connectivity index (χ3v) is 3.51. The Hall–Kier alpha value is -2.04. The van der Waals surface area contributed by atoms with Gasteiger partial charge in [-0.2, -0.15) is 0 Å². The topological polar surface area (TPSA) is 61.4 Å². The van der Waals surface area contributed by atoms with Gasteiger partial charge >= 0.3 is 6.03 Å². The van der Waals surface area contributed by atoms with E-state index in [1.165, 1.54) is 11.1 Å². The van der Waals surface area contributed by atoms with E-state index in [2.05, 4.69) is 22.8 Å². The largest absolute Gasteiger partial charge is 0.336 e. The molecule has 0 aromatic heterocycles. The minimum atomic E-state index is -0.414. The summed E-state index contributed by atoms with van der Waals surface area (Å²) < 4.78 is 0. The van der Waals surface area contributed by atoms with Crippen molar-refractivity contribution in [3.8, 4) is 0 Å². The van der Waals surface area contributed by atoms with Crippen molar-refractivity contribution in [1.82, 2.24) is 15.5 Å². The lowest BCUT2D eigenvalue weighted by atomic mass is 9.99. The Bertz CT molecular complexity index is 501. The van der Waals surface area contributed by atoms with Crippen molar-refractivity contribution in [3.05, 3.63) is 35.4 Å². The molecule has 1 atom stereocenters. The molecule has 0 saturated carbocycles. The number of hydrogen-bond donors (Lipinski definition) is 2. The van der Waals surface area contributed by atoms with Crippen LogP contribution in [0.5, 0.6) is 0 Å². The first-order valence-electron chi connectivity index (χ1n) is 6.14. The lowest BCUT2D eigenvalue weighted by Crippen LogP contribution is -2.47. The van der Waals surface area contributed by atoms with Crippen LogP contribution in [0.1, 0.15) is 11.1 Å². The lowest BCUT2D eigenvalue weighted by Gasteiger charge is -2.30. The van der Waals surface area contributed by atoms with Gasteiger partial charge < -0.3 is 15.5 Å². The second kappa shape index (κ2) is 4.33. The number of hydrogen-bond acceptors (Lipinski definition) is 2. The van der Waals surface area contributed by atoms with E-state index in [4.69, 9.17) is 0 Å². The number of nitrogens with one attached hydrogen (secondary N) is 2. The molecule has 1 aromatic carbocycles. The summed E-state index contributed by atoms with van der Waals surface area (Å²) >= 11 is 0. The monoisotopic (exact) mass is 245 g/mol. The summed E-state index contributed by atoms with van der Waals surface area (Å²) in [6, 6.07) is 7.51. The SMILES string of the molecule is O=C1NC[C@@H](C(=O)N2CCc3ccccc3C2)N1. The van der Waals surface area contributed by atoms with E-state index >= 15 is 0 Å². The maximum Gasteiger partial charge on any atom is 0.315 e. The van der Waals surface area contributed by atoms with Crippen LogP contribution in [0.3, 0.4) is 0 Å². The third kappa shape index (κ3) is 1.92. The molecule has 0 bridgehead atoms. The molecule has 0 unspecified atom stereocenters.